The van der Waals surface area contributed by atoms with E-state index in [1.54, 1.807) is 11.8 Å². The van der Waals surface area contributed by atoms with Gasteiger partial charge in [0.15, 0.2) is 0 Å². The van der Waals surface area contributed by atoms with Gasteiger partial charge in [0.25, 0.3) is 0 Å². The Morgan fingerprint density at radius 2 is 2.41 bits per heavy atom. The molecule has 1 rings (SSSR count). The highest BCUT2D eigenvalue weighted by atomic mass is 32.2. The zero-order chi connectivity index (χ0) is 12.7. The average Bonchev–Trinajstić information content (AvgIpc) is 2.81. The van der Waals surface area contributed by atoms with Gasteiger partial charge in [-0.15, -0.1) is 0 Å². The molecule has 0 radical (unpaired) electrons. The Balaban J connectivity index is 2.18. The first kappa shape index (κ1) is 14.8. The molecule has 0 bridgehead atoms. The Morgan fingerprint density at radius 1 is 1.65 bits per heavy atom. The Kier molecular flexibility index (Phi) is 6.92. The van der Waals surface area contributed by atoms with Crippen LogP contribution in [0.15, 0.2) is 0 Å². The minimum absolute atomic E-state index is 0.0317. The van der Waals surface area contributed by atoms with E-state index in [2.05, 4.69) is 10.6 Å². The summed E-state index contributed by atoms with van der Waals surface area (Å²) in [7, 11) is 0. The van der Waals surface area contributed by atoms with Gasteiger partial charge in [-0.1, -0.05) is 0 Å². The second-order valence-electron chi connectivity index (χ2n) is 4.71. The fourth-order valence-electron chi connectivity index (χ4n) is 2.15. The van der Waals surface area contributed by atoms with Crippen molar-refractivity contribution in [2.75, 3.05) is 26.0 Å². The second kappa shape index (κ2) is 7.95. The van der Waals surface area contributed by atoms with E-state index in [9.17, 15) is 4.79 Å². The Labute approximate surface area is 108 Å². The molecule has 3 atom stereocenters. The molecule has 1 amide bonds. The summed E-state index contributed by atoms with van der Waals surface area (Å²) >= 11 is 1.59. The van der Waals surface area contributed by atoms with E-state index in [4.69, 9.17) is 5.11 Å². The molecule has 3 unspecified atom stereocenters. The molecule has 17 heavy (non-hydrogen) atoms. The molecule has 0 aliphatic carbocycles. The van der Waals surface area contributed by atoms with Crippen molar-refractivity contribution >= 4 is 17.7 Å². The molecule has 3 N–H and O–H groups in total. The van der Waals surface area contributed by atoms with Crippen molar-refractivity contribution in [1.29, 1.82) is 0 Å². The van der Waals surface area contributed by atoms with Crippen molar-refractivity contribution < 1.29 is 9.90 Å². The van der Waals surface area contributed by atoms with Crippen LogP contribution in [0.1, 0.15) is 26.2 Å². The van der Waals surface area contributed by atoms with Crippen LogP contribution in [-0.2, 0) is 4.79 Å². The van der Waals surface area contributed by atoms with E-state index < -0.39 is 0 Å². The normalized spacial score (nSPS) is 23.4. The summed E-state index contributed by atoms with van der Waals surface area (Å²) in [4.78, 5) is 11.7. The largest absolute Gasteiger partial charge is 0.395 e. The number of nitrogens with one attached hydrogen (secondary N) is 2. The zero-order valence-corrected chi connectivity index (χ0v) is 11.6. The van der Waals surface area contributed by atoms with Gasteiger partial charge in [-0.25, -0.2) is 0 Å². The van der Waals surface area contributed by atoms with Crippen molar-refractivity contribution in [3.8, 4) is 0 Å². The van der Waals surface area contributed by atoms with Crippen LogP contribution >= 0.6 is 11.8 Å². The smallest absolute Gasteiger partial charge is 0.220 e. The molecule has 0 aromatic heterocycles. The van der Waals surface area contributed by atoms with Gasteiger partial charge in [-0.2, -0.15) is 11.8 Å². The standard InChI is InChI=1S/C12H24N2O2S/c1-9(11(8-15)17-2)14-12(16)4-3-10-5-6-13-7-10/h9-11,13,15H,3-8H2,1-2H3,(H,14,16). The van der Waals surface area contributed by atoms with Gasteiger partial charge in [0.1, 0.15) is 0 Å². The Bertz CT molecular complexity index is 229. The molecule has 1 aliphatic rings. The highest BCUT2D eigenvalue weighted by Crippen LogP contribution is 2.15. The zero-order valence-electron chi connectivity index (χ0n) is 10.7. The van der Waals surface area contributed by atoms with E-state index >= 15 is 0 Å². The van der Waals surface area contributed by atoms with Crippen LogP contribution in [0.5, 0.6) is 0 Å². The third-order valence-corrected chi connectivity index (χ3v) is 4.53. The summed E-state index contributed by atoms with van der Waals surface area (Å²) in [6.45, 7) is 4.19. The number of amides is 1. The number of hydrogen-bond donors (Lipinski definition) is 3. The molecular formula is C12H24N2O2S. The van der Waals surface area contributed by atoms with Crippen LogP contribution in [0.2, 0.25) is 0 Å². The minimum atomic E-state index is 0.0317. The summed E-state index contributed by atoms with van der Waals surface area (Å²) in [6, 6.07) is 0.0317. The highest BCUT2D eigenvalue weighted by Gasteiger charge is 2.19. The van der Waals surface area contributed by atoms with Crippen LogP contribution in [0.4, 0.5) is 0 Å². The number of hydrogen-bond acceptors (Lipinski definition) is 4. The van der Waals surface area contributed by atoms with Crippen LogP contribution in [-0.4, -0.2) is 48.3 Å². The molecule has 1 fully saturated rings. The van der Waals surface area contributed by atoms with Gasteiger partial charge in [-0.3, -0.25) is 4.79 Å². The van der Waals surface area contributed by atoms with Gasteiger partial charge in [0, 0.05) is 17.7 Å². The van der Waals surface area contributed by atoms with E-state index in [1.807, 2.05) is 13.2 Å². The topological polar surface area (TPSA) is 61.4 Å². The molecule has 0 aromatic rings. The van der Waals surface area contributed by atoms with Crippen LogP contribution in [0.25, 0.3) is 0 Å². The van der Waals surface area contributed by atoms with Gasteiger partial charge >= 0.3 is 0 Å². The summed E-state index contributed by atoms with van der Waals surface area (Å²) in [5.41, 5.74) is 0. The highest BCUT2D eigenvalue weighted by molar-refractivity contribution is 7.99. The number of aliphatic hydroxyl groups excluding tert-OH is 1. The molecule has 0 saturated carbocycles. The summed E-state index contributed by atoms with van der Waals surface area (Å²) < 4.78 is 0. The van der Waals surface area contributed by atoms with Gasteiger partial charge in [0.05, 0.1) is 6.61 Å². The first-order valence-electron chi connectivity index (χ1n) is 6.31. The van der Waals surface area contributed by atoms with Crippen molar-refractivity contribution in [3.63, 3.8) is 0 Å². The van der Waals surface area contributed by atoms with Crippen LogP contribution in [0.3, 0.4) is 0 Å². The fraction of sp³-hybridized carbons (Fsp3) is 0.917. The molecule has 1 saturated heterocycles. The monoisotopic (exact) mass is 260 g/mol. The maximum atomic E-state index is 11.7. The third kappa shape index (κ3) is 5.27. The number of thioether (sulfide) groups is 1. The van der Waals surface area contributed by atoms with Gasteiger partial charge in [0.2, 0.25) is 5.91 Å². The maximum absolute atomic E-state index is 11.7. The molecule has 100 valence electrons. The predicted octanol–water partition coefficient (Wildman–Crippen LogP) is 0.605. The number of rotatable bonds is 7. The van der Waals surface area contributed by atoms with E-state index in [0.717, 1.165) is 19.5 Å². The van der Waals surface area contributed by atoms with Gasteiger partial charge in [-0.05, 0) is 45.0 Å². The number of carbonyl (C=O) groups is 1. The minimum Gasteiger partial charge on any atom is -0.395 e. The summed E-state index contributed by atoms with van der Waals surface area (Å²) in [5.74, 6) is 0.766. The van der Waals surface area contributed by atoms with E-state index in [1.165, 1.54) is 6.42 Å². The van der Waals surface area contributed by atoms with Crippen molar-refractivity contribution in [2.45, 2.75) is 37.5 Å². The molecular weight excluding hydrogens is 236 g/mol. The lowest BCUT2D eigenvalue weighted by molar-refractivity contribution is -0.122. The molecule has 4 nitrogen and oxygen atoms in total. The number of carbonyl (C=O) groups excluding carboxylic acids is 1. The Hall–Kier alpha value is -0.260. The fourth-order valence-corrected chi connectivity index (χ4v) is 2.78. The Morgan fingerprint density at radius 3 is 2.94 bits per heavy atom. The molecule has 0 aromatic carbocycles. The lowest BCUT2D eigenvalue weighted by atomic mass is 10.0. The molecule has 1 heterocycles. The quantitative estimate of drug-likeness (QED) is 0.627. The van der Waals surface area contributed by atoms with E-state index in [0.29, 0.717) is 12.3 Å². The maximum Gasteiger partial charge on any atom is 0.220 e. The number of aliphatic hydroxyl groups is 1. The summed E-state index contributed by atoms with van der Waals surface area (Å²) in [6.07, 6.45) is 4.71. The second-order valence-corrected chi connectivity index (χ2v) is 5.79. The third-order valence-electron chi connectivity index (χ3n) is 3.37. The molecule has 0 spiro atoms. The summed E-state index contributed by atoms with van der Waals surface area (Å²) in [5, 5.41) is 15.5. The lowest BCUT2D eigenvalue weighted by Crippen LogP contribution is -2.41. The van der Waals surface area contributed by atoms with Crippen LogP contribution < -0.4 is 10.6 Å². The van der Waals surface area contributed by atoms with Crippen molar-refractivity contribution in [2.24, 2.45) is 5.92 Å². The van der Waals surface area contributed by atoms with E-state index in [-0.39, 0.29) is 23.8 Å². The van der Waals surface area contributed by atoms with Crippen LogP contribution in [0, 0.1) is 5.92 Å². The first-order chi connectivity index (χ1) is 8.17. The SMILES string of the molecule is CSC(CO)C(C)NC(=O)CCC1CCNC1. The molecule has 1 aliphatic heterocycles. The molecule has 5 heteroatoms. The van der Waals surface area contributed by atoms with Gasteiger partial charge < -0.3 is 15.7 Å². The lowest BCUT2D eigenvalue weighted by Gasteiger charge is -2.21. The predicted molar refractivity (Wildman–Crippen MR) is 72.2 cm³/mol. The first-order valence-corrected chi connectivity index (χ1v) is 7.60. The average molecular weight is 260 g/mol. The van der Waals surface area contributed by atoms with Crippen molar-refractivity contribution in [1.82, 2.24) is 10.6 Å². The van der Waals surface area contributed by atoms with Crippen molar-refractivity contribution in [3.05, 3.63) is 0 Å².